The predicted octanol–water partition coefficient (Wildman–Crippen LogP) is 5.78. The second-order valence-corrected chi connectivity index (χ2v) is 8.15. The molecule has 160 valence electrons. The summed E-state index contributed by atoms with van der Waals surface area (Å²) < 4.78 is 0. The molecule has 6 heteroatoms. The van der Waals surface area contributed by atoms with Crippen LogP contribution in [-0.2, 0) is 0 Å². The molecule has 0 bridgehead atoms. The molecule has 0 aliphatic carbocycles. The Balaban J connectivity index is 1.38. The minimum atomic E-state index is -0.261. The van der Waals surface area contributed by atoms with Gasteiger partial charge in [-0.3, -0.25) is 0 Å². The van der Waals surface area contributed by atoms with Crippen LogP contribution in [0.5, 0.6) is 0 Å². The van der Waals surface area contributed by atoms with Gasteiger partial charge in [-0.05, 0) is 68.1 Å². The van der Waals surface area contributed by atoms with Crippen molar-refractivity contribution in [3.05, 3.63) is 65.7 Å². The average Bonchev–Trinajstić information content (AvgIpc) is 3.07. The van der Waals surface area contributed by atoms with Gasteiger partial charge in [-0.1, -0.05) is 37.1 Å². The second-order valence-electron chi connectivity index (χ2n) is 8.15. The van der Waals surface area contributed by atoms with Crippen molar-refractivity contribution in [2.75, 3.05) is 28.6 Å². The van der Waals surface area contributed by atoms with E-state index in [-0.39, 0.29) is 6.03 Å². The number of rotatable bonds is 4. The summed E-state index contributed by atoms with van der Waals surface area (Å²) in [4.78, 5) is 14.7. The van der Waals surface area contributed by atoms with Gasteiger partial charge in [0.25, 0.3) is 0 Å². The maximum absolute atomic E-state index is 12.4. The third-order valence-corrected chi connectivity index (χ3v) is 5.66. The largest absolute Gasteiger partial charge is 0.355 e. The van der Waals surface area contributed by atoms with E-state index in [1.54, 1.807) is 0 Å². The van der Waals surface area contributed by atoms with E-state index in [0.29, 0.717) is 0 Å². The molecule has 1 aliphatic rings. The Bertz CT molecular complexity index is 1020. The molecule has 1 aromatic heterocycles. The van der Waals surface area contributed by atoms with Crippen molar-refractivity contribution in [3.63, 3.8) is 0 Å². The third-order valence-electron chi connectivity index (χ3n) is 5.66. The fourth-order valence-corrected chi connectivity index (χ4v) is 3.83. The van der Waals surface area contributed by atoms with Gasteiger partial charge in [-0.2, -0.15) is 0 Å². The van der Waals surface area contributed by atoms with Crippen molar-refractivity contribution in [2.45, 2.75) is 39.5 Å². The summed E-state index contributed by atoms with van der Waals surface area (Å²) in [5, 5.41) is 14.7. The lowest BCUT2D eigenvalue weighted by atomic mass is 10.1. The number of urea groups is 1. The van der Waals surface area contributed by atoms with Gasteiger partial charge in [0.2, 0.25) is 0 Å². The minimum absolute atomic E-state index is 0.261. The van der Waals surface area contributed by atoms with Crippen molar-refractivity contribution in [1.29, 1.82) is 0 Å². The van der Waals surface area contributed by atoms with Crippen LogP contribution in [0.2, 0.25) is 0 Å². The topological polar surface area (TPSA) is 70.2 Å². The molecule has 1 aliphatic heterocycles. The summed E-state index contributed by atoms with van der Waals surface area (Å²) in [6, 6.07) is 17.5. The zero-order chi connectivity index (χ0) is 21.6. The molecular formula is C25H29N5O. The molecule has 6 nitrogen and oxygen atoms in total. The van der Waals surface area contributed by atoms with Crippen LogP contribution < -0.4 is 15.5 Å². The van der Waals surface area contributed by atoms with E-state index in [4.69, 9.17) is 0 Å². The van der Waals surface area contributed by atoms with Gasteiger partial charge < -0.3 is 15.5 Å². The highest BCUT2D eigenvalue weighted by molar-refractivity contribution is 6.00. The number of carbonyl (C=O) groups excluding carboxylic acids is 1. The number of anilines is 3. The van der Waals surface area contributed by atoms with E-state index >= 15 is 0 Å². The first-order valence-corrected chi connectivity index (χ1v) is 10.9. The first-order chi connectivity index (χ1) is 15.1. The smallest absolute Gasteiger partial charge is 0.323 e. The van der Waals surface area contributed by atoms with Gasteiger partial charge in [0.1, 0.15) is 0 Å². The van der Waals surface area contributed by atoms with E-state index in [1.807, 2.05) is 62.4 Å². The van der Waals surface area contributed by atoms with Crippen molar-refractivity contribution >= 4 is 23.2 Å². The highest BCUT2D eigenvalue weighted by atomic mass is 16.2. The number of aromatic nitrogens is 2. The van der Waals surface area contributed by atoms with Crippen molar-refractivity contribution < 1.29 is 4.79 Å². The van der Waals surface area contributed by atoms with E-state index in [1.165, 1.54) is 25.7 Å². The summed E-state index contributed by atoms with van der Waals surface area (Å²) in [6.07, 6.45) is 5.03. The van der Waals surface area contributed by atoms with E-state index < -0.39 is 0 Å². The summed E-state index contributed by atoms with van der Waals surface area (Å²) in [6.45, 7) is 6.09. The molecule has 1 fully saturated rings. The molecule has 4 rings (SSSR count). The Morgan fingerprint density at radius 1 is 0.839 bits per heavy atom. The molecule has 2 aromatic carbocycles. The molecule has 2 N–H and O–H groups in total. The number of hydrogen-bond donors (Lipinski definition) is 2. The summed E-state index contributed by atoms with van der Waals surface area (Å²) in [5.74, 6) is 0.951. The van der Waals surface area contributed by atoms with Crippen LogP contribution in [0.3, 0.4) is 0 Å². The molecule has 0 atom stereocenters. The quantitative estimate of drug-likeness (QED) is 0.566. The number of amides is 2. The van der Waals surface area contributed by atoms with Gasteiger partial charge in [0, 0.05) is 30.0 Å². The molecule has 1 saturated heterocycles. The minimum Gasteiger partial charge on any atom is -0.355 e. The lowest BCUT2D eigenvalue weighted by molar-refractivity contribution is 0.262. The molecule has 0 spiro atoms. The Labute approximate surface area is 183 Å². The number of hydrogen-bond acceptors (Lipinski definition) is 4. The summed E-state index contributed by atoms with van der Waals surface area (Å²) in [5.41, 5.74) is 5.46. The monoisotopic (exact) mass is 415 g/mol. The van der Waals surface area contributed by atoms with E-state index in [9.17, 15) is 4.79 Å². The number of benzene rings is 2. The van der Waals surface area contributed by atoms with E-state index in [0.717, 1.165) is 52.7 Å². The van der Waals surface area contributed by atoms with Crippen LogP contribution in [0.1, 0.15) is 36.8 Å². The first-order valence-electron chi connectivity index (χ1n) is 10.9. The molecule has 31 heavy (non-hydrogen) atoms. The van der Waals surface area contributed by atoms with Gasteiger partial charge in [-0.15, -0.1) is 10.2 Å². The van der Waals surface area contributed by atoms with Gasteiger partial charge in [0.05, 0.1) is 5.69 Å². The number of nitrogens with zero attached hydrogens (tertiary/aromatic N) is 3. The highest BCUT2D eigenvalue weighted by Crippen LogP contribution is 2.23. The SMILES string of the molecule is Cc1ccc(C)c(NC(=O)Nc2ccc(-c3ccc(N4CCCCCC4)nn3)cc2)c1. The van der Waals surface area contributed by atoms with Crippen LogP contribution >= 0.6 is 0 Å². The molecule has 2 heterocycles. The zero-order valence-corrected chi connectivity index (χ0v) is 18.2. The van der Waals surface area contributed by atoms with Crippen LogP contribution in [-0.4, -0.2) is 29.3 Å². The van der Waals surface area contributed by atoms with Gasteiger partial charge in [0.15, 0.2) is 5.82 Å². The number of aryl methyl sites for hydroxylation is 2. The van der Waals surface area contributed by atoms with Crippen LogP contribution in [0.4, 0.5) is 22.0 Å². The van der Waals surface area contributed by atoms with E-state index in [2.05, 4.69) is 31.8 Å². The highest BCUT2D eigenvalue weighted by Gasteiger charge is 2.12. The summed E-state index contributed by atoms with van der Waals surface area (Å²) >= 11 is 0. The normalized spacial score (nSPS) is 14.1. The number of carbonyl (C=O) groups is 1. The maximum Gasteiger partial charge on any atom is 0.323 e. The number of nitrogens with one attached hydrogen (secondary N) is 2. The van der Waals surface area contributed by atoms with Gasteiger partial charge >= 0.3 is 6.03 Å². The van der Waals surface area contributed by atoms with Crippen LogP contribution in [0, 0.1) is 13.8 Å². The molecule has 0 radical (unpaired) electrons. The van der Waals surface area contributed by atoms with Crippen molar-refractivity contribution in [1.82, 2.24) is 10.2 Å². The lowest BCUT2D eigenvalue weighted by Gasteiger charge is -2.20. The second kappa shape index (κ2) is 9.60. The first kappa shape index (κ1) is 20.8. The van der Waals surface area contributed by atoms with Crippen molar-refractivity contribution in [2.24, 2.45) is 0 Å². The maximum atomic E-state index is 12.4. The average molecular weight is 416 g/mol. The van der Waals surface area contributed by atoms with Crippen LogP contribution in [0.25, 0.3) is 11.3 Å². The lowest BCUT2D eigenvalue weighted by Crippen LogP contribution is -2.25. The zero-order valence-electron chi connectivity index (χ0n) is 18.2. The molecule has 0 unspecified atom stereocenters. The molecule has 0 saturated carbocycles. The fourth-order valence-electron chi connectivity index (χ4n) is 3.83. The van der Waals surface area contributed by atoms with Crippen molar-refractivity contribution in [3.8, 4) is 11.3 Å². The fraction of sp³-hybridized carbons (Fsp3) is 0.320. The molecular weight excluding hydrogens is 386 g/mol. The Morgan fingerprint density at radius 3 is 2.26 bits per heavy atom. The Hall–Kier alpha value is -3.41. The Kier molecular flexibility index (Phi) is 6.46. The molecule has 3 aromatic rings. The standard InChI is InChI=1S/C25H29N5O/c1-18-7-8-19(2)23(17-18)27-25(31)26-21-11-9-20(10-12-21)22-13-14-24(29-28-22)30-15-5-3-4-6-16-30/h7-14,17H,3-6,15-16H2,1-2H3,(H2,26,27,31). The predicted molar refractivity (Wildman–Crippen MR) is 127 cm³/mol. The molecule has 2 amide bonds. The van der Waals surface area contributed by atoms with Gasteiger partial charge in [-0.25, -0.2) is 4.79 Å². The summed E-state index contributed by atoms with van der Waals surface area (Å²) in [7, 11) is 0. The third kappa shape index (κ3) is 5.40. The van der Waals surface area contributed by atoms with Crippen LogP contribution in [0.15, 0.2) is 54.6 Å². The Morgan fingerprint density at radius 2 is 1.58 bits per heavy atom.